The Bertz CT molecular complexity index is 1520. The molecule has 1 aromatic heterocycles. The minimum Gasteiger partial charge on any atom is -0.370 e. The topological polar surface area (TPSA) is 196 Å². The molecule has 0 spiro atoms. The zero-order valence-corrected chi connectivity index (χ0v) is 22.8. The number of carbonyl (C=O) groups excluding carboxylic acids is 2. The number of urea groups is 2. The third-order valence-corrected chi connectivity index (χ3v) is 6.43. The predicted octanol–water partition coefficient (Wildman–Crippen LogP) is 1.81. The maximum Gasteiger partial charge on any atom is 0.322 e. The Labute approximate surface area is 239 Å². The fourth-order valence-corrected chi connectivity index (χ4v) is 4.11. The van der Waals surface area contributed by atoms with Crippen molar-refractivity contribution >= 4 is 29.7 Å². The number of H-pyrrole nitrogens is 1. The van der Waals surface area contributed by atoms with E-state index in [1.807, 2.05) is 24.3 Å². The van der Waals surface area contributed by atoms with E-state index >= 15 is 0 Å². The maximum atomic E-state index is 14.0. The summed E-state index contributed by atoms with van der Waals surface area (Å²) in [6.07, 6.45) is 2.17. The fourth-order valence-electron chi connectivity index (χ4n) is 4.11. The summed E-state index contributed by atoms with van der Waals surface area (Å²) in [5.41, 5.74) is 12.0. The molecule has 222 valence electrons. The molecule has 0 aliphatic carbocycles. The molecule has 4 rings (SSSR count). The summed E-state index contributed by atoms with van der Waals surface area (Å²) >= 11 is 0. The summed E-state index contributed by atoms with van der Waals surface area (Å²) in [7, 11) is 0. The van der Waals surface area contributed by atoms with Crippen molar-refractivity contribution in [1.82, 2.24) is 25.5 Å². The van der Waals surface area contributed by atoms with Crippen LogP contribution >= 0.6 is 0 Å². The molecule has 0 saturated carbocycles. The number of nitrogens with two attached hydrogens (primary N) is 2. The highest BCUT2D eigenvalue weighted by atomic mass is 19.1. The first kappa shape index (κ1) is 29.9. The third kappa shape index (κ3) is 8.00. The molecule has 42 heavy (non-hydrogen) atoms. The van der Waals surface area contributed by atoms with Crippen LogP contribution in [0.15, 0.2) is 52.4 Å². The highest BCUT2D eigenvalue weighted by molar-refractivity contribution is 5.91. The van der Waals surface area contributed by atoms with Gasteiger partial charge < -0.3 is 32.3 Å². The molecule has 0 radical (unpaired) electrons. The molecule has 13 nitrogen and oxygen atoms in total. The number of rotatable bonds is 10. The van der Waals surface area contributed by atoms with E-state index in [9.17, 15) is 23.2 Å². The Morgan fingerprint density at radius 1 is 1.12 bits per heavy atom. The first-order valence-electron chi connectivity index (χ1n) is 13.1. The third-order valence-electron chi connectivity index (χ3n) is 6.43. The molecular weight excluding hydrogens is 550 g/mol. The van der Waals surface area contributed by atoms with Crippen LogP contribution in [-0.2, 0) is 6.54 Å². The van der Waals surface area contributed by atoms with Gasteiger partial charge in [-0.15, -0.1) is 0 Å². The highest BCUT2D eigenvalue weighted by Gasteiger charge is 2.32. The van der Waals surface area contributed by atoms with Gasteiger partial charge in [-0.1, -0.05) is 24.3 Å². The predicted molar refractivity (Wildman–Crippen MR) is 155 cm³/mol. The molecule has 0 atom stereocenters. The Kier molecular flexibility index (Phi) is 9.65. The molecular formula is C27H32F2N10O3. The van der Waals surface area contributed by atoms with Gasteiger partial charge >= 0.3 is 12.1 Å². The number of aliphatic imine (C=N–C) groups is 1. The molecule has 2 aromatic carbocycles. The van der Waals surface area contributed by atoms with Crippen molar-refractivity contribution in [1.29, 1.82) is 0 Å². The molecule has 9 N–H and O–H groups in total. The number of halogens is 2. The van der Waals surface area contributed by atoms with Gasteiger partial charge in [-0.05, 0) is 42.6 Å². The van der Waals surface area contributed by atoms with Crippen molar-refractivity contribution in [2.24, 2.45) is 16.5 Å². The summed E-state index contributed by atoms with van der Waals surface area (Å²) < 4.78 is 27.7. The van der Waals surface area contributed by atoms with E-state index in [4.69, 9.17) is 11.5 Å². The Morgan fingerprint density at radius 3 is 2.55 bits per heavy atom. The zero-order chi connectivity index (χ0) is 30.2. The Balaban J connectivity index is 1.21. The van der Waals surface area contributed by atoms with Gasteiger partial charge in [0.15, 0.2) is 5.96 Å². The van der Waals surface area contributed by atoms with E-state index in [1.165, 1.54) is 18.0 Å². The summed E-state index contributed by atoms with van der Waals surface area (Å²) in [6, 6.07) is 7.70. The number of benzene rings is 2. The van der Waals surface area contributed by atoms with Gasteiger partial charge in [0, 0.05) is 38.4 Å². The number of amides is 4. The second kappa shape index (κ2) is 13.5. The van der Waals surface area contributed by atoms with Gasteiger partial charge in [-0.25, -0.2) is 23.4 Å². The molecule has 0 unspecified atom stereocenters. The number of anilines is 2. The van der Waals surface area contributed by atoms with Crippen LogP contribution in [-0.4, -0.2) is 65.1 Å². The smallest absolute Gasteiger partial charge is 0.322 e. The standard InChI is InChI=1S/C27H32F2N10O3/c1-15-9-21(29)22(10-20(15)28)36-27(42)39-13-18(14-39)35-26(41)38-25-34-12-19(23(40)37-25)17-5-3-16(4-6-17)11-32-7-2-8-33-24(30)31/h3-6,9-10,12,18,32H,2,7-8,11,13-14H2,1H3,(H,36,42)(H4,30,31,33)(H3,34,35,37,38,40,41). The number of nitrogens with one attached hydrogen (secondary N) is 5. The minimum atomic E-state index is -0.748. The first-order valence-corrected chi connectivity index (χ1v) is 13.1. The molecule has 2 heterocycles. The van der Waals surface area contributed by atoms with Crippen LogP contribution in [0.2, 0.25) is 0 Å². The van der Waals surface area contributed by atoms with Crippen LogP contribution < -0.4 is 38.3 Å². The number of aromatic amines is 1. The molecule has 1 fully saturated rings. The molecule has 4 amide bonds. The van der Waals surface area contributed by atoms with Crippen LogP contribution in [0.3, 0.4) is 0 Å². The van der Waals surface area contributed by atoms with Gasteiger partial charge in [0.2, 0.25) is 5.95 Å². The van der Waals surface area contributed by atoms with Gasteiger partial charge in [-0.3, -0.25) is 20.1 Å². The minimum absolute atomic E-state index is 0.0476. The molecule has 1 aliphatic rings. The van der Waals surface area contributed by atoms with E-state index in [-0.39, 0.29) is 42.3 Å². The number of likely N-dealkylation sites (tertiary alicyclic amines) is 1. The fraction of sp³-hybridized carbons (Fsp3) is 0.296. The zero-order valence-electron chi connectivity index (χ0n) is 22.8. The summed E-state index contributed by atoms with van der Waals surface area (Å²) in [4.78, 5) is 49.2. The maximum absolute atomic E-state index is 14.0. The first-order chi connectivity index (χ1) is 20.1. The summed E-state index contributed by atoms with van der Waals surface area (Å²) in [5.74, 6) is -1.36. The summed E-state index contributed by atoms with van der Waals surface area (Å²) in [6.45, 7) is 3.67. The lowest BCUT2D eigenvalue weighted by atomic mass is 10.1. The van der Waals surface area contributed by atoms with Gasteiger partial charge in [-0.2, -0.15) is 0 Å². The van der Waals surface area contributed by atoms with E-state index in [2.05, 4.69) is 36.2 Å². The number of aryl methyl sites for hydroxylation is 1. The Hall–Kier alpha value is -5.05. The van der Waals surface area contributed by atoms with Crippen molar-refractivity contribution < 1.29 is 18.4 Å². The van der Waals surface area contributed by atoms with Crippen molar-refractivity contribution in [3.63, 3.8) is 0 Å². The monoisotopic (exact) mass is 582 g/mol. The van der Waals surface area contributed by atoms with Gasteiger partial charge in [0.05, 0.1) is 17.3 Å². The van der Waals surface area contributed by atoms with Crippen LogP contribution in [0, 0.1) is 18.6 Å². The quantitative estimate of drug-likeness (QED) is 0.107. The Morgan fingerprint density at radius 2 is 1.86 bits per heavy atom. The van der Waals surface area contributed by atoms with Crippen LogP contribution in [0.25, 0.3) is 11.1 Å². The SMILES string of the molecule is Cc1cc(F)c(NC(=O)N2CC(NC(=O)Nc3ncc(-c4ccc(CNCCCN=C(N)N)cc4)c(=O)[nH]3)C2)cc1F. The number of carbonyl (C=O) groups is 2. The number of nitrogens with zero attached hydrogens (tertiary/aromatic N) is 3. The van der Waals surface area contributed by atoms with Crippen LogP contribution in [0.1, 0.15) is 17.5 Å². The number of hydrogen-bond donors (Lipinski definition) is 7. The normalized spacial score (nSPS) is 12.8. The van der Waals surface area contributed by atoms with E-state index < -0.39 is 29.3 Å². The second-order valence-corrected chi connectivity index (χ2v) is 9.72. The molecule has 0 bridgehead atoms. The largest absolute Gasteiger partial charge is 0.370 e. The molecule has 15 heteroatoms. The summed E-state index contributed by atoms with van der Waals surface area (Å²) in [5, 5.41) is 10.7. The van der Waals surface area contributed by atoms with Gasteiger partial charge in [0.25, 0.3) is 5.56 Å². The lowest BCUT2D eigenvalue weighted by molar-refractivity contribution is 0.151. The van der Waals surface area contributed by atoms with Crippen molar-refractivity contribution in [3.8, 4) is 11.1 Å². The van der Waals surface area contributed by atoms with Crippen molar-refractivity contribution in [2.45, 2.75) is 25.9 Å². The molecule has 1 saturated heterocycles. The van der Waals surface area contributed by atoms with Crippen LogP contribution in [0.5, 0.6) is 0 Å². The van der Waals surface area contributed by atoms with E-state index in [0.29, 0.717) is 24.2 Å². The number of guanidine groups is 1. The van der Waals surface area contributed by atoms with Crippen molar-refractivity contribution in [2.75, 3.05) is 36.8 Å². The van der Waals surface area contributed by atoms with Gasteiger partial charge in [0.1, 0.15) is 11.6 Å². The number of aromatic nitrogens is 2. The van der Waals surface area contributed by atoms with E-state index in [0.717, 1.165) is 30.7 Å². The second-order valence-electron chi connectivity index (χ2n) is 9.72. The van der Waals surface area contributed by atoms with Crippen molar-refractivity contribution in [3.05, 3.63) is 75.7 Å². The number of hydrogen-bond acceptors (Lipinski definition) is 6. The molecule has 1 aliphatic heterocycles. The van der Waals surface area contributed by atoms with E-state index in [1.54, 1.807) is 0 Å². The highest BCUT2D eigenvalue weighted by Crippen LogP contribution is 2.20. The lowest BCUT2D eigenvalue weighted by Crippen LogP contribution is -2.62. The average molecular weight is 583 g/mol. The molecule has 3 aromatic rings. The lowest BCUT2D eigenvalue weighted by Gasteiger charge is -2.39. The average Bonchev–Trinajstić information content (AvgIpc) is 2.91. The van der Waals surface area contributed by atoms with Crippen LogP contribution in [0.4, 0.5) is 30.0 Å².